The van der Waals surface area contributed by atoms with Gasteiger partial charge in [-0.15, -0.1) is 0 Å². The van der Waals surface area contributed by atoms with Crippen LogP contribution in [0.25, 0.3) is 5.69 Å². The quantitative estimate of drug-likeness (QED) is 0.696. The van der Waals surface area contributed by atoms with Crippen LogP contribution in [0.2, 0.25) is 0 Å². The van der Waals surface area contributed by atoms with Gasteiger partial charge in [-0.25, -0.2) is 14.0 Å². The summed E-state index contributed by atoms with van der Waals surface area (Å²) in [5.41, 5.74) is 1.60. The lowest BCUT2D eigenvalue weighted by Gasteiger charge is -2.22. The van der Waals surface area contributed by atoms with E-state index in [2.05, 4.69) is 5.32 Å². The second-order valence-corrected chi connectivity index (χ2v) is 7.23. The Kier molecular flexibility index (Phi) is 5.67. The van der Waals surface area contributed by atoms with Crippen molar-refractivity contribution < 1.29 is 9.47 Å². The molecular formula is C22H26N4O3. The summed E-state index contributed by atoms with van der Waals surface area (Å²) in [4.78, 5) is 13.3. The van der Waals surface area contributed by atoms with E-state index >= 15 is 0 Å². The fourth-order valence-corrected chi connectivity index (χ4v) is 3.81. The molecule has 0 radical (unpaired) electrons. The second-order valence-electron chi connectivity index (χ2n) is 7.23. The summed E-state index contributed by atoms with van der Waals surface area (Å²) in [6.45, 7) is 2.19. The maximum atomic E-state index is 13.3. The summed E-state index contributed by atoms with van der Waals surface area (Å²) in [5.74, 6) is 2.39. The average molecular weight is 394 g/mol. The minimum atomic E-state index is -0.140. The first-order valence-electron chi connectivity index (χ1n) is 9.87. The molecule has 152 valence electrons. The molecule has 0 saturated carbocycles. The molecule has 3 aromatic rings. The third-order valence-electron chi connectivity index (χ3n) is 5.28. The number of piperidine rings is 1. The van der Waals surface area contributed by atoms with Crippen molar-refractivity contribution in [2.24, 2.45) is 0 Å². The van der Waals surface area contributed by atoms with Gasteiger partial charge in [-0.3, -0.25) is 0 Å². The van der Waals surface area contributed by atoms with Gasteiger partial charge in [-0.05, 0) is 49.2 Å². The van der Waals surface area contributed by atoms with Crippen LogP contribution >= 0.6 is 0 Å². The van der Waals surface area contributed by atoms with Gasteiger partial charge < -0.3 is 14.8 Å². The molecule has 7 nitrogen and oxygen atoms in total. The highest BCUT2D eigenvalue weighted by molar-refractivity contribution is 5.39. The molecule has 1 aliphatic rings. The maximum Gasteiger partial charge on any atom is 0.350 e. The van der Waals surface area contributed by atoms with Gasteiger partial charge in [0.25, 0.3) is 0 Å². The van der Waals surface area contributed by atoms with Crippen molar-refractivity contribution in [1.29, 1.82) is 0 Å². The number of hydrogen-bond donors (Lipinski definition) is 1. The van der Waals surface area contributed by atoms with Crippen molar-refractivity contribution in [3.63, 3.8) is 0 Å². The number of methoxy groups -OCH3 is 2. The van der Waals surface area contributed by atoms with Gasteiger partial charge in [-0.2, -0.15) is 5.10 Å². The highest BCUT2D eigenvalue weighted by Crippen LogP contribution is 2.25. The zero-order valence-electron chi connectivity index (χ0n) is 16.8. The summed E-state index contributed by atoms with van der Waals surface area (Å²) in [6, 6.07) is 15.3. The zero-order chi connectivity index (χ0) is 20.2. The number of rotatable bonds is 6. The molecule has 0 bridgehead atoms. The van der Waals surface area contributed by atoms with E-state index < -0.39 is 0 Å². The van der Waals surface area contributed by atoms with Crippen molar-refractivity contribution in [2.45, 2.75) is 25.3 Å². The van der Waals surface area contributed by atoms with E-state index in [1.165, 1.54) is 4.68 Å². The van der Waals surface area contributed by atoms with E-state index in [0.29, 0.717) is 18.0 Å². The van der Waals surface area contributed by atoms with E-state index in [-0.39, 0.29) is 11.6 Å². The molecule has 1 aliphatic heterocycles. The van der Waals surface area contributed by atoms with Gasteiger partial charge in [0.2, 0.25) is 0 Å². The fourth-order valence-electron chi connectivity index (χ4n) is 3.81. The fraction of sp³-hybridized carbons (Fsp3) is 0.364. The number of ether oxygens (including phenoxy) is 2. The summed E-state index contributed by atoms with van der Waals surface area (Å²) >= 11 is 0. The molecule has 0 spiro atoms. The lowest BCUT2D eigenvalue weighted by Crippen LogP contribution is -2.31. The largest absolute Gasteiger partial charge is 0.497 e. The minimum Gasteiger partial charge on any atom is -0.497 e. The van der Waals surface area contributed by atoms with E-state index in [9.17, 15) is 4.79 Å². The van der Waals surface area contributed by atoms with Crippen LogP contribution in [0.3, 0.4) is 0 Å². The second kappa shape index (κ2) is 8.53. The van der Waals surface area contributed by atoms with Crippen LogP contribution in [0, 0.1) is 0 Å². The Morgan fingerprint density at radius 2 is 1.83 bits per heavy atom. The van der Waals surface area contributed by atoms with Crippen LogP contribution in [-0.4, -0.2) is 41.7 Å². The first-order chi connectivity index (χ1) is 14.2. The average Bonchev–Trinajstić information content (AvgIpc) is 3.10. The molecule has 0 unspecified atom stereocenters. The first-order valence-corrected chi connectivity index (χ1v) is 9.87. The van der Waals surface area contributed by atoms with Crippen molar-refractivity contribution in [3.8, 4) is 17.2 Å². The molecule has 2 heterocycles. The molecule has 2 aromatic carbocycles. The topological polar surface area (TPSA) is 70.3 Å². The normalized spacial score (nSPS) is 16.6. The number of nitrogens with zero attached hydrogens (tertiary/aromatic N) is 3. The number of nitrogens with one attached hydrogen (secondary N) is 1. The lowest BCUT2D eigenvalue weighted by atomic mass is 9.99. The predicted molar refractivity (Wildman–Crippen MR) is 111 cm³/mol. The molecule has 1 fully saturated rings. The monoisotopic (exact) mass is 394 g/mol. The van der Waals surface area contributed by atoms with Gasteiger partial charge in [0.05, 0.1) is 26.5 Å². The van der Waals surface area contributed by atoms with Gasteiger partial charge in [0, 0.05) is 18.5 Å². The highest BCUT2D eigenvalue weighted by atomic mass is 16.5. The molecule has 1 atom stereocenters. The molecule has 0 aliphatic carbocycles. The number of para-hydroxylation sites is 1. The van der Waals surface area contributed by atoms with Crippen molar-refractivity contribution in [1.82, 2.24) is 19.7 Å². The third-order valence-corrected chi connectivity index (χ3v) is 5.28. The number of benzene rings is 2. The summed E-state index contributed by atoms with van der Waals surface area (Å²) in [7, 11) is 3.23. The highest BCUT2D eigenvalue weighted by Gasteiger charge is 2.25. The lowest BCUT2D eigenvalue weighted by molar-refractivity contribution is 0.393. The Morgan fingerprint density at radius 3 is 2.45 bits per heavy atom. The summed E-state index contributed by atoms with van der Waals surface area (Å²) in [6.07, 6.45) is 2.09. The van der Waals surface area contributed by atoms with E-state index in [1.807, 2.05) is 48.5 Å². The van der Waals surface area contributed by atoms with Crippen LogP contribution in [0.1, 0.15) is 30.1 Å². The van der Waals surface area contributed by atoms with Gasteiger partial charge >= 0.3 is 5.69 Å². The summed E-state index contributed by atoms with van der Waals surface area (Å²) < 4.78 is 14.0. The Labute approximate surface area is 169 Å². The zero-order valence-corrected chi connectivity index (χ0v) is 16.8. The number of hydrogen-bond acceptors (Lipinski definition) is 5. The molecule has 0 amide bonds. The Morgan fingerprint density at radius 1 is 1.10 bits per heavy atom. The molecular weight excluding hydrogens is 368 g/mol. The smallest absolute Gasteiger partial charge is 0.350 e. The van der Waals surface area contributed by atoms with Crippen LogP contribution in [0.4, 0.5) is 0 Å². The predicted octanol–water partition coefficient (Wildman–Crippen LogP) is 2.57. The van der Waals surface area contributed by atoms with Crippen LogP contribution < -0.4 is 20.5 Å². The van der Waals surface area contributed by atoms with Crippen molar-refractivity contribution in [3.05, 3.63) is 70.4 Å². The van der Waals surface area contributed by atoms with Crippen LogP contribution in [-0.2, 0) is 6.54 Å². The molecule has 7 heteroatoms. The van der Waals surface area contributed by atoms with Gasteiger partial charge in [0.15, 0.2) is 0 Å². The standard InChI is InChI=1S/C22H26N4O3/c1-28-19-11-16(12-20(13-19)29-2)15-25-22(27)26(18-8-4-3-5-9-18)21(24-25)17-7-6-10-23-14-17/h3-5,8-9,11-13,17,23H,6-7,10,14-15H2,1-2H3/t17-/m0/s1. The van der Waals surface area contributed by atoms with Gasteiger partial charge in [-0.1, -0.05) is 18.2 Å². The SMILES string of the molecule is COc1cc(Cn2nc([C@H]3CCCNC3)n(-c3ccccc3)c2=O)cc(OC)c1. The van der Waals surface area contributed by atoms with Crippen molar-refractivity contribution in [2.75, 3.05) is 27.3 Å². The van der Waals surface area contributed by atoms with Gasteiger partial charge in [0.1, 0.15) is 17.3 Å². The molecule has 29 heavy (non-hydrogen) atoms. The molecule has 4 rings (SSSR count). The minimum absolute atomic E-state index is 0.140. The van der Waals surface area contributed by atoms with Crippen molar-refractivity contribution >= 4 is 0 Å². The van der Waals surface area contributed by atoms with Crippen LogP contribution in [0.5, 0.6) is 11.5 Å². The summed E-state index contributed by atoms with van der Waals surface area (Å²) in [5, 5.41) is 8.18. The Bertz CT molecular complexity index is 998. The Balaban J connectivity index is 1.77. The van der Waals surface area contributed by atoms with Crippen LogP contribution in [0.15, 0.2) is 53.3 Å². The molecule has 1 N–H and O–H groups in total. The van der Waals surface area contributed by atoms with E-state index in [4.69, 9.17) is 14.6 Å². The molecule has 1 aromatic heterocycles. The first kappa shape index (κ1) is 19.3. The van der Waals surface area contributed by atoms with E-state index in [0.717, 1.165) is 43.0 Å². The van der Waals surface area contributed by atoms with E-state index in [1.54, 1.807) is 18.8 Å². The molecule has 1 saturated heterocycles. The number of aromatic nitrogens is 3. The third kappa shape index (κ3) is 4.05. The maximum absolute atomic E-state index is 13.3. The Hall–Kier alpha value is -3.06.